The van der Waals surface area contributed by atoms with Crippen LogP contribution in [0.1, 0.15) is 26.3 Å². The van der Waals surface area contributed by atoms with E-state index in [2.05, 4.69) is 0 Å². The molecule has 0 saturated carbocycles. The molecule has 1 aromatic rings. The zero-order valence-electron chi connectivity index (χ0n) is 13.1. The largest absolute Gasteiger partial charge is 0.491 e. The molecule has 1 rings (SSSR count). The van der Waals surface area contributed by atoms with Gasteiger partial charge in [0.25, 0.3) is 0 Å². The fourth-order valence-electron chi connectivity index (χ4n) is 1.63. The average Bonchev–Trinajstić information content (AvgIpc) is 2.37. The van der Waals surface area contributed by atoms with Crippen LogP contribution in [0.15, 0.2) is 24.3 Å². The minimum atomic E-state index is -0.118. The van der Waals surface area contributed by atoms with Crippen molar-refractivity contribution in [1.29, 1.82) is 0 Å². The maximum atomic E-state index is 5.58. The summed E-state index contributed by atoms with van der Waals surface area (Å²) in [6, 6.07) is 7.76. The molecule has 118 valence electrons. The van der Waals surface area contributed by atoms with Gasteiger partial charge in [-0.05, 0) is 38.5 Å². The van der Waals surface area contributed by atoms with Crippen LogP contribution in [0, 0.1) is 0 Å². The molecule has 0 aliphatic carbocycles. The summed E-state index contributed by atoms with van der Waals surface area (Å²) in [7, 11) is 0. The van der Waals surface area contributed by atoms with Gasteiger partial charge in [-0.1, -0.05) is 24.4 Å². The Morgan fingerprint density at radius 3 is 2.24 bits per heavy atom. The van der Waals surface area contributed by atoms with Gasteiger partial charge in [-0.3, -0.25) is 0 Å². The molecule has 0 aliphatic rings. The molecule has 0 aliphatic heterocycles. The maximum Gasteiger partial charge on any atom is 0.119 e. The molecule has 5 heteroatoms. The van der Waals surface area contributed by atoms with Crippen molar-refractivity contribution in [3.05, 3.63) is 29.8 Å². The number of thiocarbonyl (C=S) groups is 1. The number of ether oxygens (including phenoxy) is 3. The van der Waals surface area contributed by atoms with Crippen LogP contribution in [0.4, 0.5) is 0 Å². The predicted octanol–water partition coefficient (Wildman–Crippen LogP) is 2.73. The number of hydrogen-bond acceptors (Lipinski definition) is 4. The van der Waals surface area contributed by atoms with Gasteiger partial charge in [0.1, 0.15) is 12.4 Å². The van der Waals surface area contributed by atoms with Crippen LogP contribution in [0.25, 0.3) is 0 Å². The molecule has 4 nitrogen and oxygen atoms in total. The molecular formula is C16H25NO3S. The van der Waals surface area contributed by atoms with Gasteiger partial charge in [-0.15, -0.1) is 0 Å². The fraction of sp³-hybridized carbons (Fsp3) is 0.562. The maximum absolute atomic E-state index is 5.58. The van der Waals surface area contributed by atoms with Crippen LogP contribution in [-0.2, 0) is 15.9 Å². The SMILES string of the molecule is CC(C)(C)OCCOCCOc1ccc(CC(N)=S)cc1. The molecule has 0 radical (unpaired) electrons. The van der Waals surface area contributed by atoms with Gasteiger partial charge in [0, 0.05) is 6.42 Å². The lowest BCUT2D eigenvalue weighted by molar-refractivity contribution is -0.0375. The van der Waals surface area contributed by atoms with Crippen molar-refractivity contribution >= 4 is 17.2 Å². The minimum Gasteiger partial charge on any atom is -0.491 e. The Kier molecular flexibility index (Phi) is 7.64. The van der Waals surface area contributed by atoms with E-state index in [1.54, 1.807) is 0 Å². The molecule has 0 bridgehead atoms. The first-order chi connectivity index (χ1) is 9.87. The van der Waals surface area contributed by atoms with Crippen LogP contribution in [0.3, 0.4) is 0 Å². The first-order valence-corrected chi connectivity index (χ1v) is 7.49. The molecule has 0 unspecified atom stereocenters. The van der Waals surface area contributed by atoms with E-state index in [0.29, 0.717) is 37.8 Å². The third-order valence-corrected chi connectivity index (χ3v) is 2.71. The molecule has 0 fully saturated rings. The van der Waals surface area contributed by atoms with Gasteiger partial charge >= 0.3 is 0 Å². The Hall–Kier alpha value is -1.17. The monoisotopic (exact) mass is 311 g/mol. The summed E-state index contributed by atoms with van der Waals surface area (Å²) in [5.74, 6) is 0.816. The standard InChI is InChI=1S/C16H25NO3S/c1-16(2,3)20-11-9-18-8-10-19-14-6-4-13(5-7-14)12-15(17)21/h4-7H,8-12H2,1-3H3,(H2,17,21). The number of rotatable bonds is 9. The molecule has 0 saturated heterocycles. The Balaban J connectivity index is 2.11. The van der Waals surface area contributed by atoms with Crippen molar-refractivity contribution in [2.75, 3.05) is 26.4 Å². The Bertz CT molecular complexity index is 426. The Labute approximate surface area is 132 Å². The van der Waals surface area contributed by atoms with Gasteiger partial charge in [-0.25, -0.2) is 0 Å². The number of hydrogen-bond donors (Lipinski definition) is 1. The Morgan fingerprint density at radius 1 is 1.05 bits per heavy atom. The van der Waals surface area contributed by atoms with Crippen LogP contribution in [-0.4, -0.2) is 37.0 Å². The summed E-state index contributed by atoms with van der Waals surface area (Å²) in [5, 5.41) is 0. The van der Waals surface area contributed by atoms with E-state index in [4.69, 9.17) is 32.2 Å². The van der Waals surface area contributed by atoms with Crippen molar-refractivity contribution in [3.63, 3.8) is 0 Å². The van der Waals surface area contributed by atoms with Crippen molar-refractivity contribution in [2.24, 2.45) is 5.73 Å². The molecule has 21 heavy (non-hydrogen) atoms. The van der Waals surface area contributed by atoms with Crippen molar-refractivity contribution in [3.8, 4) is 5.75 Å². The zero-order chi connectivity index (χ0) is 15.7. The third kappa shape index (κ3) is 9.39. The Morgan fingerprint density at radius 2 is 1.67 bits per heavy atom. The number of nitrogens with two attached hydrogens (primary N) is 1. The highest BCUT2D eigenvalue weighted by Gasteiger charge is 2.08. The summed E-state index contributed by atoms with van der Waals surface area (Å²) in [5.41, 5.74) is 6.47. The molecule has 2 N–H and O–H groups in total. The first kappa shape index (κ1) is 17.9. The second-order valence-corrected chi connectivity index (χ2v) is 6.23. The molecular weight excluding hydrogens is 286 g/mol. The highest BCUT2D eigenvalue weighted by Crippen LogP contribution is 2.12. The second kappa shape index (κ2) is 8.97. The van der Waals surface area contributed by atoms with E-state index in [1.165, 1.54) is 0 Å². The molecule has 0 spiro atoms. The lowest BCUT2D eigenvalue weighted by Crippen LogP contribution is -2.22. The molecule has 0 aromatic heterocycles. The predicted molar refractivity (Wildman–Crippen MR) is 89.0 cm³/mol. The average molecular weight is 311 g/mol. The van der Waals surface area contributed by atoms with Crippen LogP contribution in [0.5, 0.6) is 5.75 Å². The van der Waals surface area contributed by atoms with Gasteiger partial charge < -0.3 is 19.9 Å². The smallest absolute Gasteiger partial charge is 0.119 e. The van der Waals surface area contributed by atoms with Gasteiger partial charge in [0.05, 0.1) is 30.4 Å². The third-order valence-electron chi connectivity index (χ3n) is 2.56. The highest BCUT2D eigenvalue weighted by atomic mass is 32.1. The van der Waals surface area contributed by atoms with Crippen LogP contribution in [0.2, 0.25) is 0 Å². The normalized spacial score (nSPS) is 11.4. The lowest BCUT2D eigenvalue weighted by Gasteiger charge is -2.19. The lowest BCUT2D eigenvalue weighted by atomic mass is 10.1. The van der Waals surface area contributed by atoms with Gasteiger partial charge in [0.2, 0.25) is 0 Å². The van der Waals surface area contributed by atoms with E-state index in [9.17, 15) is 0 Å². The van der Waals surface area contributed by atoms with Crippen LogP contribution >= 0.6 is 12.2 Å². The topological polar surface area (TPSA) is 53.7 Å². The van der Waals surface area contributed by atoms with E-state index >= 15 is 0 Å². The summed E-state index contributed by atoms with van der Waals surface area (Å²) in [4.78, 5) is 0.495. The summed E-state index contributed by atoms with van der Waals surface area (Å²) >= 11 is 4.87. The molecule has 0 amide bonds. The van der Waals surface area contributed by atoms with E-state index < -0.39 is 0 Å². The minimum absolute atomic E-state index is 0.118. The van der Waals surface area contributed by atoms with Gasteiger partial charge in [0.15, 0.2) is 0 Å². The highest BCUT2D eigenvalue weighted by molar-refractivity contribution is 7.80. The van der Waals surface area contributed by atoms with Crippen molar-refractivity contribution in [1.82, 2.24) is 0 Å². The summed E-state index contributed by atoms with van der Waals surface area (Å²) in [6.07, 6.45) is 0.618. The molecule has 0 heterocycles. The summed E-state index contributed by atoms with van der Waals surface area (Å²) in [6.45, 7) is 8.31. The first-order valence-electron chi connectivity index (χ1n) is 7.08. The van der Waals surface area contributed by atoms with E-state index in [1.807, 2.05) is 45.0 Å². The van der Waals surface area contributed by atoms with Crippen LogP contribution < -0.4 is 10.5 Å². The number of benzene rings is 1. The van der Waals surface area contributed by atoms with E-state index in [0.717, 1.165) is 11.3 Å². The van der Waals surface area contributed by atoms with Gasteiger partial charge in [-0.2, -0.15) is 0 Å². The molecule has 1 aromatic carbocycles. The quantitative estimate of drug-likeness (QED) is 0.561. The van der Waals surface area contributed by atoms with Crippen molar-refractivity contribution < 1.29 is 14.2 Å². The van der Waals surface area contributed by atoms with Crippen molar-refractivity contribution in [2.45, 2.75) is 32.8 Å². The molecule has 0 atom stereocenters. The second-order valence-electron chi connectivity index (χ2n) is 5.71. The van der Waals surface area contributed by atoms with E-state index in [-0.39, 0.29) is 5.60 Å². The zero-order valence-corrected chi connectivity index (χ0v) is 13.9. The fourth-order valence-corrected chi connectivity index (χ4v) is 1.80. The summed E-state index contributed by atoms with van der Waals surface area (Å²) < 4.78 is 16.6.